The molecule has 0 bridgehead atoms. The topological polar surface area (TPSA) is 50.7 Å². The first-order valence-electron chi connectivity index (χ1n) is 11.4. The van der Waals surface area contributed by atoms with Crippen LogP contribution in [0.4, 0.5) is 14.6 Å². The third kappa shape index (κ3) is 4.76. The molecule has 2 aromatic carbocycles. The molecule has 33 heavy (non-hydrogen) atoms. The summed E-state index contributed by atoms with van der Waals surface area (Å²) in [5, 5.41) is 5.25. The molecule has 1 atom stereocenters. The van der Waals surface area contributed by atoms with E-state index in [0.29, 0.717) is 23.2 Å². The Kier molecular flexibility index (Phi) is 6.11. The van der Waals surface area contributed by atoms with Gasteiger partial charge < -0.3 is 5.32 Å². The first-order chi connectivity index (χ1) is 16.0. The van der Waals surface area contributed by atoms with Crippen LogP contribution in [-0.4, -0.2) is 21.0 Å². The second-order valence-electron chi connectivity index (χ2n) is 9.06. The number of aromatic nitrogens is 3. The standard InChI is InChI=1S/C26H25ClF2N4/c1-15(31-25-21-8-6-19(29)14-24(21)32-26(27)33-25)12-16-2-4-17(5-3-16)20-10-11-30-23-9-7-18(28)13-22(20)23/h6-11,13-17H,2-5,12H2,1H3,(H,31,32,33). The van der Waals surface area contributed by atoms with Gasteiger partial charge in [0.15, 0.2) is 0 Å². The van der Waals surface area contributed by atoms with Gasteiger partial charge in [0, 0.05) is 29.1 Å². The maximum Gasteiger partial charge on any atom is 0.224 e. The quantitative estimate of drug-likeness (QED) is 0.314. The van der Waals surface area contributed by atoms with Crippen LogP contribution >= 0.6 is 11.6 Å². The van der Waals surface area contributed by atoms with E-state index in [4.69, 9.17) is 11.6 Å². The van der Waals surface area contributed by atoms with Gasteiger partial charge in [0.25, 0.3) is 0 Å². The van der Waals surface area contributed by atoms with Crippen molar-refractivity contribution in [2.75, 3.05) is 5.32 Å². The lowest BCUT2D eigenvalue weighted by molar-refractivity contribution is 0.302. The molecule has 7 heteroatoms. The third-order valence-electron chi connectivity index (χ3n) is 6.73. The Bertz CT molecular complexity index is 1300. The van der Waals surface area contributed by atoms with Crippen molar-refractivity contribution in [2.45, 2.75) is 51.0 Å². The van der Waals surface area contributed by atoms with Crippen molar-refractivity contribution in [3.63, 3.8) is 0 Å². The van der Waals surface area contributed by atoms with Crippen molar-refractivity contribution >= 4 is 39.2 Å². The highest BCUT2D eigenvalue weighted by Crippen LogP contribution is 2.40. The van der Waals surface area contributed by atoms with Crippen LogP contribution in [0.3, 0.4) is 0 Å². The van der Waals surface area contributed by atoms with Gasteiger partial charge in [-0.15, -0.1) is 0 Å². The first-order valence-corrected chi connectivity index (χ1v) is 11.8. The summed E-state index contributed by atoms with van der Waals surface area (Å²) in [4.78, 5) is 12.9. The molecule has 2 aromatic heterocycles. The lowest BCUT2D eigenvalue weighted by Crippen LogP contribution is -2.23. The van der Waals surface area contributed by atoms with Gasteiger partial charge in [-0.2, -0.15) is 0 Å². The van der Waals surface area contributed by atoms with E-state index in [0.717, 1.165) is 48.4 Å². The number of nitrogens with zero attached hydrogens (tertiary/aromatic N) is 3. The average molecular weight is 467 g/mol. The highest BCUT2D eigenvalue weighted by atomic mass is 35.5. The molecule has 1 aliphatic carbocycles. The van der Waals surface area contributed by atoms with Gasteiger partial charge in [-0.05, 0) is 104 Å². The van der Waals surface area contributed by atoms with E-state index in [2.05, 4.69) is 27.2 Å². The molecule has 1 unspecified atom stereocenters. The molecular formula is C26H25ClF2N4. The van der Waals surface area contributed by atoms with Gasteiger partial charge in [-0.25, -0.2) is 18.7 Å². The number of rotatable bonds is 5. The van der Waals surface area contributed by atoms with Crippen LogP contribution in [0.25, 0.3) is 21.8 Å². The number of halogens is 3. The zero-order valence-electron chi connectivity index (χ0n) is 18.4. The SMILES string of the molecule is CC(CC1CCC(c2ccnc3ccc(F)cc23)CC1)Nc1nc(Cl)nc2cc(F)ccc12. The molecular weight excluding hydrogens is 442 g/mol. The summed E-state index contributed by atoms with van der Waals surface area (Å²) in [6, 6.07) is 11.5. The van der Waals surface area contributed by atoms with Crippen molar-refractivity contribution in [1.82, 2.24) is 15.0 Å². The second-order valence-corrected chi connectivity index (χ2v) is 9.40. The third-order valence-corrected chi connectivity index (χ3v) is 6.89. The molecule has 0 aliphatic heterocycles. The number of nitrogens with one attached hydrogen (secondary N) is 1. The van der Waals surface area contributed by atoms with Gasteiger partial charge in [-0.1, -0.05) is 0 Å². The van der Waals surface area contributed by atoms with Gasteiger partial charge >= 0.3 is 0 Å². The van der Waals surface area contributed by atoms with Crippen LogP contribution in [0.5, 0.6) is 0 Å². The molecule has 2 heterocycles. The Morgan fingerprint density at radius 2 is 1.70 bits per heavy atom. The zero-order chi connectivity index (χ0) is 22.9. The summed E-state index contributed by atoms with van der Waals surface area (Å²) in [5.41, 5.74) is 2.55. The number of anilines is 1. The molecule has 5 rings (SSSR count). The van der Waals surface area contributed by atoms with Crippen molar-refractivity contribution in [3.05, 3.63) is 71.1 Å². The largest absolute Gasteiger partial charge is 0.367 e. The Hall–Kier alpha value is -2.86. The summed E-state index contributed by atoms with van der Waals surface area (Å²) in [6.07, 6.45) is 7.22. The van der Waals surface area contributed by atoms with Crippen LogP contribution in [0, 0.1) is 17.6 Å². The Morgan fingerprint density at radius 1 is 0.939 bits per heavy atom. The van der Waals surface area contributed by atoms with Gasteiger partial charge in [0.05, 0.1) is 11.0 Å². The first kappa shape index (κ1) is 22.0. The summed E-state index contributed by atoms with van der Waals surface area (Å²) in [7, 11) is 0. The average Bonchev–Trinajstić information content (AvgIpc) is 2.78. The Morgan fingerprint density at radius 3 is 2.52 bits per heavy atom. The predicted octanol–water partition coefficient (Wildman–Crippen LogP) is 7.27. The second kappa shape index (κ2) is 9.18. The minimum Gasteiger partial charge on any atom is -0.367 e. The highest BCUT2D eigenvalue weighted by Gasteiger charge is 2.25. The maximum absolute atomic E-state index is 13.8. The summed E-state index contributed by atoms with van der Waals surface area (Å²) >= 11 is 6.06. The van der Waals surface area contributed by atoms with E-state index in [9.17, 15) is 8.78 Å². The molecule has 170 valence electrons. The smallest absolute Gasteiger partial charge is 0.224 e. The molecule has 0 radical (unpaired) electrons. The van der Waals surface area contributed by atoms with Crippen LogP contribution in [-0.2, 0) is 0 Å². The number of hydrogen-bond acceptors (Lipinski definition) is 4. The van der Waals surface area contributed by atoms with E-state index >= 15 is 0 Å². The predicted molar refractivity (Wildman–Crippen MR) is 129 cm³/mol. The Balaban J connectivity index is 1.24. The molecule has 4 aromatic rings. The molecule has 4 nitrogen and oxygen atoms in total. The minimum absolute atomic E-state index is 0.101. The van der Waals surface area contributed by atoms with Crippen molar-refractivity contribution in [2.24, 2.45) is 5.92 Å². The van der Waals surface area contributed by atoms with E-state index < -0.39 is 0 Å². The van der Waals surface area contributed by atoms with Crippen LogP contribution in [0.1, 0.15) is 50.5 Å². The number of fused-ring (bicyclic) bond motifs is 2. The van der Waals surface area contributed by atoms with E-state index in [1.54, 1.807) is 18.2 Å². The molecule has 1 fully saturated rings. The monoisotopic (exact) mass is 466 g/mol. The number of pyridine rings is 1. The summed E-state index contributed by atoms with van der Waals surface area (Å²) in [5.74, 6) is 1.09. The highest BCUT2D eigenvalue weighted by molar-refractivity contribution is 6.28. The van der Waals surface area contributed by atoms with Crippen molar-refractivity contribution in [1.29, 1.82) is 0 Å². The van der Waals surface area contributed by atoms with Gasteiger partial charge in [0.1, 0.15) is 17.5 Å². The number of hydrogen-bond donors (Lipinski definition) is 1. The molecule has 0 spiro atoms. The van der Waals surface area contributed by atoms with E-state index in [1.807, 2.05) is 12.3 Å². The molecule has 1 saturated carbocycles. The lowest BCUT2D eigenvalue weighted by atomic mass is 9.76. The lowest BCUT2D eigenvalue weighted by Gasteiger charge is -2.31. The minimum atomic E-state index is -0.349. The Labute approximate surface area is 196 Å². The van der Waals surface area contributed by atoms with Crippen LogP contribution < -0.4 is 5.32 Å². The molecule has 0 saturated heterocycles. The van der Waals surface area contributed by atoms with E-state index in [1.165, 1.54) is 23.8 Å². The molecule has 1 N–H and O–H groups in total. The fraction of sp³-hybridized carbons (Fsp3) is 0.346. The molecule has 1 aliphatic rings. The fourth-order valence-electron chi connectivity index (χ4n) is 5.18. The maximum atomic E-state index is 13.8. The molecule has 0 amide bonds. The zero-order valence-corrected chi connectivity index (χ0v) is 19.1. The normalized spacial score (nSPS) is 19.6. The van der Waals surface area contributed by atoms with E-state index in [-0.39, 0.29) is 23.0 Å². The van der Waals surface area contributed by atoms with Crippen LogP contribution in [0.2, 0.25) is 5.28 Å². The van der Waals surface area contributed by atoms with Gasteiger partial charge in [0.2, 0.25) is 5.28 Å². The summed E-state index contributed by atoms with van der Waals surface area (Å²) < 4.78 is 27.4. The summed E-state index contributed by atoms with van der Waals surface area (Å²) in [6.45, 7) is 2.14. The van der Waals surface area contributed by atoms with Crippen LogP contribution in [0.15, 0.2) is 48.7 Å². The van der Waals surface area contributed by atoms with Crippen molar-refractivity contribution < 1.29 is 8.78 Å². The fourth-order valence-corrected chi connectivity index (χ4v) is 5.36. The van der Waals surface area contributed by atoms with Gasteiger partial charge in [-0.3, -0.25) is 4.98 Å². The van der Waals surface area contributed by atoms with Crippen molar-refractivity contribution in [3.8, 4) is 0 Å². The number of benzene rings is 2.